The first-order valence-corrected chi connectivity index (χ1v) is 5.66. The molecule has 1 amide bonds. The number of rotatable bonds is 3. The molecule has 1 aliphatic heterocycles. The van der Waals surface area contributed by atoms with Gasteiger partial charge in [0.05, 0.1) is 24.4 Å². The average Bonchev–Trinajstić information content (AvgIpc) is 2.69. The first-order chi connectivity index (χ1) is 8.20. The lowest BCUT2D eigenvalue weighted by Gasteiger charge is -2.11. The van der Waals surface area contributed by atoms with Crippen molar-refractivity contribution in [2.45, 2.75) is 6.42 Å². The van der Waals surface area contributed by atoms with Gasteiger partial charge < -0.3 is 0 Å². The molecule has 2 rings (SSSR count). The molecular weight excluding hydrogens is 286 g/mol. The number of amides is 1. The first kappa shape index (κ1) is 11.6. The standard InChI is InChI=1S/C10H8BrN5O/c11-7-1-3-9(4-2-7)16-10(17)5-8(14-16)6-13-15-12/h1-4H,5-6H2. The second-order valence-corrected chi connectivity index (χ2v) is 4.33. The summed E-state index contributed by atoms with van der Waals surface area (Å²) in [5.74, 6) is -0.115. The van der Waals surface area contributed by atoms with E-state index in [-0.39, 0.29) is 18.9 Å². The number of carbonyl (C=O) groups excluding carboxylic acids is 1. The molecule has 1 heterocycles. The molecular formula is C10H8BrN5O. The second kappa shape index (κ2) is 4.99. The molecule has 1 aromatic carbocycles. The first-order valence-electron chi connectivity index (χ1n) is 4.86. The van der Waals surface area contributed by atoms with Crippen molar-refractivity contribution in [3.05, 3.63) is 39.2 Å². The Labute approximate surface area is 106 Å². The Morgan fingerprint density at radius 3 is 2.82 bits per heavy atom. The van der Waals surface area contributed by atoms with Crippen LogP contribution in [-0.4, -0.2) is 18.2 Å². The number of nitrogens with zero attached hydrogens (tertiary/aromatic N) is 5. The van der Waals surface area contributed by atoms with Gasteiger partial charge in [0.2, 0.25) is 0 Å². The van der Waals surface area contributed by atoms with Crippen molar-refractivity contribution >= 4 is 33.2 Å². The molecule has 1 aromatic rings. The van der Waals surface area contributed by atoms with Gasteiger partial charge in [-0.1, -0.05) is 21.0 Å². The molecule has 0 spiro atoms. The van der Waals surface area contributed by atoms with E-state index < -0.39 is 0 Å². The van der Waals surface area contributed by atoms with Gasteiger partial charge in [0.1, 0.15) is 0 Å². The van der Waals surface area contributed by atoms with Crippen LogP contribution >= 0.6 is 15.9 Å². The van der Waals surface area contributed by atoms with E-state index in [2.05, 4.69) is 31.1 Å². The quantitative estimate of drug-likeness (QED) is 0.479. The van der Waals surface area contributed by atoms with Gasteiger partial charge in [0.15, 0.2) is 0 Å². The Kier molecular flexibility index (Phi) is 3.41. The van der Waals surface area contributed by atoms with Crippen LogP contribution < -0.4 is 5.01 Å². The highest BCUT2D eigenvalue weighted by atomic mass is 79.9. The number of hydrogen-bond donors (Lipinski definition) is 0. The van der Waals surface area contributed by atoms with E-state index in [1.807, 2.05) is 12.1 Å². The van der Waals surface area contributed by atoms with Gasteiger partial charge in [-0.15, -0.1) is 0 Å². The molecule has 7 heteroatoms. The van der Waals surface area contributed by atoms with Crippen LogP contribution in [-0.2, 0) is 4.79 Å². The molecule has 0 saturated carbocycles. The lowest BCUT2D eigenvalue weighted by molar-refractivity contribution is -0.116. The highest BCUT2D eigenvalue weighted by Crippen LogP contribution is 2.22. The SMILES string of the molecule is [N-]=[N+]=NCC1=NN(c2ccc(Br)cc2)C(=O)C1. The zero-order chi connectivity index (χ0) is 12.3. The van der Waals surface area contributed by atoms with Crippen molar-refractivity contribution in [1.82, 2.24) is 0 Å². The van der Waals surface area contributed by atoms with Gasteiger partial charge in [-0.2, -0.15) is 5.10 Å². The maximum atomic E-state index is 11.7. The summed E-state index contributed by atoms with van der Waals surface area (Å²) in [6.45, 7) is 0.134. The van der Waals surface area contributed by atoms with Crippen molar-refractivity contribution in [3.8, 4) is 0 Å². The van der Waals surface area contributed by atoms with Gasteiger partial charge in [-0.3, -0.25) is 4.79 Å². The Balaban J connectivity index is 2.21. The molecule has 0 fully saturated rings. The van der Waals surface area contributed by atoms with Gasteiger partial charge in [0, 0.05) is 9.38 Å². The largest absolute Gasteiger partial charge is 0.272 e. The second-order valence-electron chi connectivity index (χ2n) is 3.41. The number of hydrazone groups is 1. The summed E-state index contributed by atoms with van der Waals surface area (Å²) in [5.41, 5.74) is 9.49. The fourth-order valence-corrected chi connectivity index (χ4v) is 1.73. The molecule has 0 aromatic heterocycles. The Hall–Kier alpha value is -1.85. The monoisotopic (exact) mass is 293 g/mol. The summed E-state index contributed by atoms with van der Waals surface area (Å²) in [6.07, 6.45) is 0.203. The Morgan fingerprint density at radius 2 is 2.18 bits per heavy atom. The van der Waals surface area contributed by atoms with E-state index >= 15 is 0 Å². The van der Waals surface area contributed by atoms with E-state index in [0.29, 0.717) is 11.4 Å². The minimum atomic E-state index is -0.115. The van der Waals surface area contributed by atoms with Gasteiger partial charge in [-0.25, -0.2) is 5.01 Å². The van der Waals surface area contributed by atoms with Crippen molar-refractivity contribution in [2.75, 3.05) is 11.6 Å². The lowest BCUT2D eigenvalue weighted by Crippen LogP contribution is -2.19. The van der Waals surface area contributed by atoms with E-state index in [1.54, 1.807) is 12.1 Å². The van der Waals surface area contributed by atoms with Crippen molar-refractivity contribution in [3.63, 3.8) is 0 Å². The third-order valence-corrected chi connectivity index (χ3v) is 2.75. The van der Waals surface area contributed by atoms with Crippen LogP contribution in [0.2, 0.25) is 0 Å². The normalized spacial score (nSPS) is 14.5. The molecule has 0 radical (unpaired) electrons. The summed E-state index contributed by atoms with van der Waals surface area (Å²) < 4.78 is 0.936. The molecule has 0 aliphatic carbocycles. The van der Waals surface area contributed by atoms with Crippen LogP contribution in [0, 0.1) is 0 Å². The van der Waals surface area contributed by atoms with Crippen LogP contribution in [0.4, 0.5) is 5.69 Å². The Bertz CT molecular complexity index is 518. The van der Waals surface area contributed by atoms with Crippen LogP contribution in [0.15, 0.2) is 39.0 Å². The molecule has 0 N–H and O–H groups in total. The number of anilines is 1. The number of halogens is 1. The summed E-state index contributed by atoms with van der Waals surface area (Å²) >= 11 is 3.32. The van der Waals surface area contributed by atoms with Crippen molar-refractivity contribution < 1.29 is 4.79 Å². The van der Waals surface area contributed by atoms with Crippen LogP contribution in [0.25, 0.3) is 10.4 Å². The zero-order valence-electron chi connectivity index (χ0n) is 8.75. The van der Waals surface area contributed by atoms with Gasteiger partial charge >= 0.3 is 0 Å². The molecule has 0 bridgehead atoms. The van der Waals surface area contributed by atoms with E-state index in [9.17, 15) is 4.79 Å². The van der Waals surface area contributed by atoms with Gasteiger partial charge in [-0.05, 0) is 29.8 Å². The Morgan fingerprint density at radius 1 is 1.47 bits per heavy atom. The smallest absolute Gasteiger partial charge is 0.253 e. The third kappa shape index (κ3) is 2.64. The van der Waals surface area contributed by atoms with Crippen LogP contribution in [0.3, 0.4) is 0 Å². The number of carbonyl (C=O) groups is 1. The highest BCUT2D eigenvalue weighted by Gasteiger charge is 2.24. The van der Waals surface area contributed by atoms with Crippen LogP contribution in [0.5, 0.6) is 0 Å². The topological polar surface area (TPSA) is 81.4 Å². The van der Waals surface area contributed by atoms with Crippen molar-refractivity contribution in [1.29, 1.82) is 0 Å². The number of benzene rings is 1. The summed E-state index contributed by atoms with van der Waals surface area (Å²) in [6, 6.07) is 7.26. The van der Waals surface area contributed by atoms with Crippen LogP contribution in [0.1, 0.15) is 6.42 Å². The molecule has 1 aliphatic rings. The molecule has 0 atom stereocenters. The third-order valence-electron chi connectivity index (χ3n) is 2.22. The average molecular weight is 294 g/mol. The minimum absolute atomic E-state index is 0.115. The fourth-order valence-electron chi connectivity index (χ4n) is 1.47. The fraction of sp³-hybridized carbons (Fsp3) is 0.200. The van der Waals surface area contributed by atoms with Crippen molar-refractivity contribution in [2.24, 2.45) is 10.2 Å². The van der Waals surface area contributed by atoms with E-state index in [4.69, 9.17) is 5.53 Å². The number of hydrogen-bond acceptors (Lipinski definition) is 3. The minimum Gasteiger partial charge on any atom is -0.272 e. The summed E-state index contributed by atoms with van der Waals surface area (Å²) in [4.78, 5) is 14.3. The molecule has 86 valence electrons. The van der Waals surface area contributed by atoms with Gasteiger partial charge in [0.25, 0.3) is 5.91 Å². The molecule has 6 nitrogen and oxygen atoms in total. The molecule has 17 heavy (non-hydrogen) atoms. The lowest BCUT2D eigenvalue weighted by atomic mass is 10.2. The molecule has 0 unspecified atom stereocenters. The maximum absolute atomic E-state index is 11.7. The summed E-state index contributed by atoms with van der Waals surface area (Å²) in [7, 11) is 0. The highest BCUT2D eigenvalue weighted by molar-refractivity contribution is 9.10. The molecule has 0 saturated heterocycles. The predicted molar refractivity (Wildman–Crippen MR) is 67.7 cm³/mol. The predicted octanol–water partition coefficient (Wildman–Crippen LogP) is 2.85. The maximum Gasteiger partial charge on any atom is 0.253 e. The van der Waals surface area contributed by atoms with E-state index in [1.165, 1.54) is 5.01 Å². The summed E-state index contributed by atoms with van der Waals surface area (Å²) in [5, 5.41) is 8.85. The van der Waals surface area contributed by atoms with E-state index in [0.717, 1.165) is 4.47 Å². The zero-order valence-corrected chi connectivity index (χ0v) is 10.3. The number of azide groups is 1.